The number of halogens is 1. The molecule has 0 spiro atoms. The van der Waals surface area contributed by atoms with Gasteiger partial charge in [-0.2, -0.15) is 0 Å². The molecule has 0 saturated heterocycles. The van der Waals surface area contributed by atoms with E-state index < -0.39 is 0 Å². The number of pyridine rings is 1. The number of amides is 1. The first-order valence-electron chi connectivity index (χ1n) is 7.10. The van der Waals surface area contributed by atoms with Gasteiger partial charge in [0.15, 0.2) is 0 Å². The number of carbonyl (C=O) groups excluding carboxylic acids is 2. The smallest absolute Gasteiger partial charge is 0.307 e. The third-order valence-electron chi connectivity index (χ3n) is 3.30. The number of esters is 1. The van der Waals surface area contributed by atoms with Gasteiger partial charge in [-0.15, -0.1) is 0 Å². The van der Waals surface area contributed by atoms with Crippen molar-refractivity contribution in [3.8, 4) is 0 Å². The SMILES string of the molecule is COC(=O)CCN(Cc1ccncc1)C(=O)c1cccc(Cl)c1. The monoisotopic (exact) mass is 332 g/mol. The van der Waals surface area contributed by atoms with Crippen LogP contribution in [0.2, 0.25) is 5.02 Å². The van der Waals surface area contributed by atoms with Gasteiger partial charge in [0.2, 0.25) is 0 Å². The summed E-state index contributed by atoms with van der Waals surface area (Å²) >= 11 is 5.95. The largest absolute Gasteiger partial charge is 0.469 e. The zero-order valence-electron chi connectivity index (χ0n) is 12.7. The van der Waals surface area contributed by atoms with Crippen molar-refractivity contribution in [1.29, 1.82) is 0 Å². The first-order valence-corrected chi connectivity index (χ1v) is 7.48. The van der Waals surface area contributed by atoms with E-state index in [9.17, 15) is 9.59 Å². The van der Waals surface area contributed by atoms with Crippen LogP contribution in [0.4, 0.5) is 0 Å². The molecule has 1 amide bonds. The van der Waals surface area contributed by atoms with E-state index in [0.29, 0.717) is 17.1 Å². The molecule has 0 saturated carbocycles. The third-order valence-corrected chi connectivity index (χ3v) is 3.53. The van der Waals surface area contributed by atoms with Gasteiger partial charge in [0, 0.05) is 36.1 Å². The Morgan fingerprint density at radius 2 is 1.96 bits per heavy atom. The van der Waals surface area contributed by atoms with Gasteiger partial charge < -0.3 is 9.64 Å². The van der Waals surface area contributed by atoms with Gasteiger partial charge in [0.1, 0.15) is 0 Å². The van der Waals surface area contributed by atoms with E-state index in [2.05, 4.69) is 9.72 Å². The van der Waals surface area contributed by atoms with E-state index in [1.807, 2.05) is 12.1 Å². The Morgan fingerprint density at radius 3 is 2.61 bits per heavy atom. The van der Waals surface area contributed by atoms with Gasteiger partial charge in [-0.1, -0.05) is 17.7 Å². The fourth-order valence-electron chi connectivity index (χ4n) is 2.09. The summed E-state index contributed by atoms with van der Waals surface area (Å²) in [6.45, 7) is 0.644. The van der Waals surface area contributed by atoms with Gasteiger partial charge in [-0.05, 0) is 35.9 Å². The maximum absolute atomic E-state index is 12.7. The zero-order valence-corrected chi connectivity index (χ0v) is 13.5. The molecule has 120 valence electrons. The number of benzene rings is 1. The van der Waals surface area contributed by atoms with E-state index in [0.717, 1.165) is 5.56 Å². The molecule has 2 aromatic rings. The van der Waals surface area contributed by atoms with Crippen molar-refractivity contribution in [2.75, 3.05) is 13.7 Å². The molecule has 0 atom stereocenters. The number of carbonyl (C=O) groups is 2. The summed E-state index contributed by atoms with van der Waals surface area (Å²) in [5, 5.41) is 0.493. The van der Waals surface area contributed by atoms with Crippen molar-refractivity contribution in [3.05, 3.63) is 64.9 Å². The highest BCUT2D eigenvalue weighted by atomic mass is 35.5. The third kappa shape index (κ3) is 5.07. The van der Waals surface area contributed by atoms with E-state index in [-0.39, 0.29) is 24.8 Å². The standard InChI is InChI=1S/C17H17ClN2O3/c1-23-16(21)7-10-20(12-13-5-8-19-9-6-13)17(22)14-3-2-4-15(18)11-14/h2-6,8-9,11H,7,10,12H2,1H3. The average Bonchev–Trinajstić information content (AvgIpc) is 2.58. The predicted molar refractivity (Wildman–Crippen MR) is 87.1 cm³/mol. The molecule has 2 rings (SSSR count). The summed E-state index contributed by atoms with van der Waals surface area (Å²) in [6, 6.07) is 10.4. The Kier molecular flexibility index (Phi) is 6.11. The summed E-state index contributed by atoms with van der Waals surface area (Å²) < 4.78 is 4.65. The first-order chi connectivity index (χ1) is 11.1. The molecule has 1 aromatic carbocycles. The summed E-state index contributed by atoms with van der Waals surface area (Å²) in [6.07, 6.45) is 3.46. The van der Waals surface area contributed by atoms with Crippen LogP contribution in [0.1, 0.15) is 22.3 Å². The molecule has 0 aliphatic carbocycles. The van der Waals surface area contributed by atoms with E-state index >= 15 is 0 Å². The highest BCUT2D eigenvalue weighted by Crippen LogP contribution is 2.15. The lowest BCUT2D eigenvalue weighted by atomic mass is 10.1. The van der Waals surface area contributed by atoms with Crippen LogP contribution in [0.25, 0.3) is 0 Å². The van der Waals surface area contributed by atoms with Gasteiger partial charge >= 0.3 is 5.97 Å². The fraction of sp³-hybridized carbons (Fsp3) is 0.235. The molecule has 1 aromatic heterocycles. The van der Waals surface area contributed by atoms with Gasteiger partial charge in [-0.25, -0.2) is 0 Å². The van der Waals surface area contributed by atoms with Crippen LogP contribution >= 0.6 is 11.6 Å². The normalized spacial score (nSPS) is 10.2. The highest BCUT2D eigenvalue weighted by molar-refractivity contribution is 6.30. The summed E-state index contributed by atoms with van der Waals surface area (Å²) in [7, 11) is 1.33. The van der Waals surface area contributed by atoms with E-state index in [1.54, 1.807) is 41.6 Å². The average molecular weight is 333 g/mol. The van der Waals surface area contributed by atoms with Crippen LogP contribution in [0.3, 0.4) is 0 Å². The van der Waals surface area contributed by atoms with Gasteiger partial charge in [-0.3, -0.25) is 14.6 Å². The molecule has 1 heterocycles. The van der Waals surface area contributed by atoms with Crippen molar-refractivity contribution < 1.29 is 14.3 Å². The summed E-state index contributed by atoms with van der Waals surface area (Å²) in [4.78, 5) is 29.6. The second-order valence-electron chi connectivity index (χ2n) is 4.92. The lowest BCUT2D eigenvalue weighted by Crippen LogP contribution is -2.32. The second-order valence-corrected chi connectivity index (χ2v) is 5.36. The highest BCUT2D eigenvalue weighted by Gasteiger charge is 2.18. The minimum atomic E-state index is -0.358. The maximum atomic E-state index is 12.7. The topological polar surface area (TPSA) is 59.5 Å². The Labute approximate surface area is 139 Å². The first kappa shape index (κ1) is 17.0. The quantitative estimate of drug-likeness (QED) is 0.763. The van der Waals surface area contributed by atoms with Crippen molar-refractivity contribution in [3.63, 3.8) is 0 Å². The molecular weight excluding hydrogens is 316 g/mol. The minimum absolute atomic E-state index is 0.133. The molecule has 0 fully saturated rings. The minimum Gasteiger partial charge on any atom is -0.469 e. The van der Waals surface area contributed by atoms with Crippen LogP contribution in [-0.4, -0.2) is 35.4 Å². The number of ether oxygens (including phenoxy) is 1. The molecule has 6 heteroatoms. The molecule has 0 N–H and O–H groups in total. The predicted octanol–water partition coefficient (Wildman–Crippen LogP) is 2.94. The maximum Gasteiger partial charge on any atom is 0.307 e. The summed E-state index contributed by atoms with van der Waals surface area (Å²) in [5.41, 5.74) is 1.41. The number of rotatable bonds is 6. The number of methoxy groups -OCH3 is 1. The van der Waals surface area contributed by atoms with Gasteiger partial charge in [0.05, 0.1) is 13.5 Å². The molecule has 0 aliphatic heterocycles. The summed E-state index contributed by atoms with van der Waals surface area (Å²) in [5.74, 6) is -0.545. The van der Waals surface area contributed by atoms with Crippen LogP contribution in [0, 0.1) is 0 Å². The Morgan fingerprint density at radius 1 is 1.22 bits per heavy atom. The lowest BCUT2D eigenvalue weighted by Gasteiger charge is -2.22. The Bertz CT molecular complexity index is 677. The van der Waals surface area contributed by atoms with Crippen LogP contribution < -0.4 is 0 Å². The molecule has 0 aliphatic rings. The molecule has 0 unspecified atom stereocenters. The Hall–Kier alpha value is -2.40. The number of hydrogen-bond acceptors (Lipinski definition) is 4. The number of hydrogen-bond donors (Lipinski definition) is 0. The lowest BCUT2D eigenvalue weighted by molar-refractivity contribution is -0.140. The zero-order chi connectivity index (χ0) is 16.7. The Balaban J connectivity index is 2.17. The van der Waals surface area contributed by atoms with Crippen molar-refractivity contribution in [2.24, 2.45) is 0 Å². The molecule has 5 nitrogen and oxygen atoms in total. The molecule has 23 heavy (non-hydrogen) atoms. The van der Waals surface area contributed by atoms with E-state index in [4.69, 9.17) is 11.6 Å². The van der Waals surface area contributed by atoms with Crippen LogP contribution in [0.15, 0.2) is 48.8 Å². The molecule has 0 bridgehead atoms. The van der Waals surface area contributed by atoms with E-state index in [1.165, 1.54) is 7.11 Å². The number of nitrogens with zero attached hydrogens (tertiary/aromatic N) is 2. The fourth-order valence-corrected chi connectivity index (χ4v) is 2.28. The number of aromatic nitrogens is 1. The van der Waals surface area contributed by atoms with Gasteiger partial charge in [0.25, 0.3) is 5.91 Å². The molecular formula is C17H17ClN2O3. The second kappa shape index (κ2) is 8.29. The van der Waals surface area contributed by atoms with Crippen LogP contribution in [-0.2, 0) is 16.1 Å². The van der Waals surface area contributed by atoms with Crippen molar-refractivity contribution >= 4 is 23.5 Å². The van der Waals surface area contributed by atoms with Crippen LogP contribution in [0.5, 0.6) is 0 Å². The van der Waals surface area contributed by atoms with Crippen molar-refractivity contribution in [1.82, 2.24) is 9.88 Å². The van der Waals surface area contributed by atoms with Crippen molar-refractivity contribution in [2.45, 2.75) is 13.0 Å². The molecule has 0 radical (unpaired) electrons.